The maximum atomic E-state index is 5.84. The van der Waals surface area contributed by atoms with Gasteiger partial charge in [0.1, 0.15) is 0 Å². The normalized spacial score (nSPS) is 22.0. The second-order valence-corrected chi connectivity index (χ2v) is 4.21. The molecule has 1 heterocycles. The summed E-state index contributed by atoms with van der Waals surface area (Å²) in [6.45, 7) is 0. The first kappa shape index (κ1) is 8.68. The summed E-state index contributed by atoms with van der Waals surface area (Å²) in [6.07, 6.45) is 5.32. The summed E-state index contributed by atoms with van der Waals surface area (Å²) in [5, 5.41) is 0. The van der Waals surface area contributed by atoms with Crippen molar-refractivity contribution in [1.29, 1.82) is 0 Å². The zero-order chi connectivity index (χ0) is 9.26. The summed E-state index contributed by atoms with van der Waals surface area (Å²) in [5.41, 5.74) is 7.16. The average Bonchev–Trinajstić information content (AvgIpc) is 2.60. The predicted molar refractivity (Wildman–Crippen MR) is 56.7 cm³/mol. The highest BCUT2D eigenvalue weighted by Gasteiger charge is 2.26. The summed E-state index contributed by atoms with van der Waals surface area (Å²) in [7, 11) is 0. The van der Waals surface area contributed by atoms with E-state index in [4.69, 9.17) is 12.2 Å². The number of benzene rings is 1. The monoisotopic (exact) mass is 189 g/mol. The summed E-state index contributed by atoms with van der Waals surface area (Å²) in [6, 6.07) is 8.20. The molecule has 66 valence electrons. The molecule has 0 bridgehead atoms. The fourth-order valence-corrected chi connectivity index (χ4v) is 2.91. The van der Waals surface area contributed by atoms with Gasteiger partial charge in [0, 0.05) is 16.6 Å². The van der Waals surface area contributed by atoms with E-state index >= 15 is 0 Å². The molecule has 0 spiro atoms. The Morgan fingerprint density at radius 3 is 3.08 bits per heavy atom. The molecule has 13 heavy (non-hydrogen) atoms. The molecule has 1 aliphatic heterocycles. The van der Waals surface area contributed by atoms with E-state index in [0.717, 1.165) is 5.75 Å². The third-order valence-corrected chi connectivity index (χ3v) is 3.57. The number of rotatable bonds is 1. The molecule has 0 amide bonds. The van der Waals surface area contributed by atoms with Gasteiger partial charge in [-0.1, -0.05) is 24.1 Å². The molecule has 2 heteroatoms. The minimum atomic E-state index is -0.142. The molecule has 1 aromatic rings. The molecule has 0 fully saturated rings. The third kappa shape index (κ3) is 1.46. The molecule has 0 saturated heterocycles. The van der Waals surface area contributed by atoms with E-state index in [-0.39, 0.29) is 6.04 Å². The lowest BCUT2D eigenvalue weighted by Gasteiger charge is -2.13. The highest BCUT2D eigenvalue weighted by Crippen LogP contribution is 2.40. The Balaban J connectivity index is 2.34. The van der Waals surface area contributed by atoms with Gasteiger partial charge in [-0.2, -0.15) is 0 Å². The van der Waals surface area contributed by atoms with Gasteiger partial charge in [0.25, 0.3) is 0 Å². The van der Waals surface area contributed by atoms with Crippen molar-refractivity contribution in [2.45, 2.75) is 16.9 Å². The van der Waals surface area contributed by atoms with Crippen molar-refractivity contribution >= 4 is 11.8 Å². The van der Waals surface area contributed by atoms with Crippen LogP contribution in [-0.2, 0) is 0 Å². The van der Waals surface area contributed by atoms with Gasteiger partial charge in [0.15, 0.2) is 0 Å². The van der Waals surface area contributed by atoms with E-state index < -0.39 is 0 Å². The quantitative estimate of drug-likeness (QED) is 0.682. The molecular weight excluding hydrogens is 178 g/mol. The lowest BCUT2D eigenvalue weighted by molar-refractivity contribution is 0.692. The summed E-state index contributed by atoms with van der Waals surface area (Å²) in [4.78, 5) is 1.33. The SMILES string of the molecule is C#CC(N)C1CSc2ccccc21. The van der Waals surface area contributed by atoms with Crippen LogP contribution >= 0.6 is 11.8 Å². The minimum Gasteiger partial charge on any atom is -0.317 e. The number of fused-ring (bicyclic) bond motifs is 1. The number of hydrogen-bond acceptors (Lipinski definition) is 2. The van der Waals surface area contributed by atoms with Gasteiger partial charge in [-0.15, -0.1) is 18.2 Å². The first-order valence-electron chi connectivity index (χ1n) is 4.26. The van der Waals surface area contributed by atoms with Gasteiger partial charge in [0.2, 0.25) is 0 Å². The van der Waals surface area contributed by atoms with Crippen molar-refractivity contribution in [3.05, 3.63) is 29.8 Å². The molecule has 0 aliphatic carbocycles. The Hall–Kier alpha value is -0.910. The second-order valence-electron chi connectivity index (χ2n) is 3.15. The molecule has 0 saturated carbocycles. The number of hydrogen-bond donors (Lipinski definition) is 1. The van der Waals surface area contributed by atoms with Gasteiger partial charge in [-0.3, -0.25) is 0 Å². The smallest absolute Gasteiger partial charge is 0.0739 e. The van der Waals surface area contributed by atoms with Crippen LogP contribution in [0.15, 0.2) is 29.2 Å². The lowest BCUT2D eigenvalue weighted by atomic mass is 9.95. The van der Waals surface area contributed by atoms with E-state index in [1.54, 1.807) is 0 Å². The first-order valence-corrected chi connectivity index (χ1v) is 5.25. The van der Waals surface area contributed by atoms with E-state index in [1.807, 2.05) is 17.8 Å². The molecule has 0 radical (unpaired) electrons. The molecule has 2 N–H and O–H groups in total. The maximum absolute atomic E-state index is 5.84. The molecule has 2 unspecified atom stereocenters. The Morgan fingerprint density at radius 1 is 1.54 bits per heavy atom. The second kappa shape index (κ2) is 3.45. The molecular formula is C11H11NS. The molecule has 0 aromatic heterocycles. The average molecular weight is 189 g/mol. The topological polar surface area (TPSA) is 26.0 Å². The first-order chi connectivity index (χ1) is 6.33. The summed E-state index contributed by atoms with van der Waals surface area (Å²) < 4.78 is 0. The standard InChI is InChI=1S/C11H11NS/c1-2-10(12)9-7-13-11-6-4-3-5-8(9)11/h1,3-6,9-10H,7,12H2. The van der Waals surface area contributed by atoms with Crippen LogP contribution in [-0.4, -0.2) is 11.8 Å². The van der Waals surface area contributed by atoms with E-state index in [0.29, 0.717) is 5.92 Å². The summed E-state index contributed by atoms with van der Waals surface area (Å²) in [5.74, 6) is 3.97. The van der Waals surface area contributed by atoms with E-state index in [9.17, 15) is 0 Å². The van der Waals surface area contributed by atoms with E-state index in [2.05, 4.69) is 24.1 Å². The van der Waals surface area contributed by atoms with Crippen molar-refractivity contribution in [3.63, 3.8) is 0 Å². The van der Waals surface area contributed by atoms with Crippen LogP contribution in [0.2, 0.25) is 0 Å². The fourth-order valence-electron chi connectivity index (χ4n) is 1.60. The Morgan fingerprint density at radius 2 is 2.31 bits per heavy atom. The Bertz CT molecular complexity index is 353. The zero-order valence-corrected chi connectivity index (χ0v) is 8.05. The number of thioether (sulfide) groups is 1. The van der Waals surface area contributed by atoms with Crippen molar-refractivity contribution in [2.75, 3.05) is 5.75 Å². The van der Waals surface area contributed by atoms with Crippen molar-refractivity contribution in [1.82, 2.24) is 0 Å². The van der Waals surface area contributed by atoms with Crippen molar-refractivity contribution in [2.24, 2.45) is 5.73 Å². The Kier molecular flexibility index (Phi) is 2.30. The van der Waals surface area contributed by atoms with E-state index in [1.165, 1.54) is 10.5 Å². The predicted octanol–water partition coefficient (Wildman–Crippen LogP) is 1.84. The van der Waals surface area contributed by atoms with Crippen LogP contribution in [0.3, 0.4) is 0 Å². The van der Waals surface area contributed by atoms with Crippen LogP contribution in [0.1, 0.15) is 11.5 Å². The highest BCUT2D eigenvalue weighted by atomic mass is 32.2. The molecule has 1 aliphatic rings. The van der Waals surface area contributed by atoms with Gasteiger partial charge in [-0.25, -0.2) is 0 Å². The van der Waals surface area contributed by atoms with Crippen LogP contribution in [0, 0.1) is 12.3 Å². The van der Waals surface area contributed by atoms with Crippen LogP contribution < -0.4 is 5.73 Å². The fraction of sp³-hybridized carbons (Fsp3) is 0.273. The minimum absolute atomic E-state index is 0.142. The molecule has 2 rings (SSSR count). The largest absolute Gasteiger partial charge is 0.317 e. The lowest BCUT2D eigenvalue weighted by Crippen LogP contribution is -2.26. The van der Waals surface area contributed by atoms with Crippen LogP contribution in [0.5, 0.6) is 0 Å². The highest BCUT2D eigenvalue weighted by molar-refractivity contribution is 7.99. The third-order valence-electron chi connectivity index (χ3n) is 2.36. The maximum Gasteiger partial charge on any atom is 0.0739 e. The number of nitrogens with two attached hydrogens (primary N) is 1. The van der Waals surface area contributed by atoms with Crippen molar-refractivity contribution in [3.8, 4) is 12.3 Å². The van der Waals surface area contributed by atoms with Crippen molar-refractivity contribution < 1.29 is 0 Å². The zero-order valence-electron chi connectivity index (χ0n) is 7.23. The molecule has 1 aromatic carbocycles. The van der Waals surface area contributed by atoms with Gasteiger partial charge in [-0.05, 0) is 11.6 Å². The van der Waals surface area contributed by atoms with Crippen LogP contribution in [0.4, 0.5) is 0 Å². The molecule has 1 nitrogen and oxygen atoms in total. The summed E-state index contributed by atoms with van der Waals surface area (Å²) >= 11 is 1.84. The van der Waals surface area contributed by atoms with Gasteiger partial charge >= 0.3 is 0 Å². The number of terminal acetylenes is 1. The Labute approximate surface area is 82.7 Å². The molecule has 2 atom stereocenters. The van der Waals surface area contributed by atoms with Gasteiger partial charge in [0.05, 0.1) is 6.04 Å². The van der Waals surface area contributed by atoms with Crippen LogP contribution in [0.25, 0.3) is 0 Å². The van der Waals surface area contributed by atoms with Gasteiger partial charge < -0.3 is 5.73 Å².